The van der Waals surface area contributed by atoms with Gasteiger partial charge in [0.15, 0.2) is 11.5 Å². The number of hydrogen-bond acceptors (Lipinski definition) is 6. The molecule has 0 amide bonds. The summed E-state index contributed by atoms with van der Waals surface area (Å²) in [5.74, 6) is 2.34. The van der Waals surface area contributed by atoms with Crippen molar-refractivity contribution in [3.05, 3.63) is 41.7 Å². The summed E-state index contributed by atoms with van der Waals surface area (Å²) in [4.78, 5) is 10.7. The third-order valence-electron chi connectivity index (χ3n) is 4.08. The molecular weight excluding hydrogens is 304 g/mol. The van der Waals surface area contributed by atoms with E-state index in [4.69, 9.17) is 9.47 Å². The van der Waals surface area contributed by atoms with Gasteiger partial charge in [-0.2, -0.15) is 0 Å². The van der Waals surface area contributed by atoms with Gasteiger partial charge in [0.1, 0.15) is 13.2 Å². The summed E-state index contributed by atoms with van der Waals surface area (Å²) in [7, 11) is 3.87. The zero-order valence-electron chi connectivity index (χ0n) is 14.7. The monoisotopic (exact) mass is 328 g/mol. The van der Waals surface area contributed by atoms with E-state index in [1.807, 2.05) is 37.2 Å². The molecule has 6 nitrogen and oxygen atoms in total. The van der Waals surface area contributed by atoms with Crippen LogP contribution in [0.3, 0.4) is 0 Å². The van der Waals surface area contributed by atoms with Gasteiger partial charge in [0.25, 0.3) is 0 Å². The van der Waals surface area contributed by atoms with Gasteiger partial charge in [-0.15, -0.1) is 0 Å². The summed E-state index contributed by atoms with van der Waals surface area (Å²) < 4.78 is 11.3. The molecule has 1 aromatic carbocycles. The van der Waals surface area contributed by atoms with E-state index < -0.39 is 0 Å². The highest BCUT2D eigenvalue weighted by molar-refractivity contribution is 5.45. The van der Waals surface area contributed by atoms with Crippen LogP contribution < -0.4 is 19.7 Å². The molecule has 0 radical (unpaired) electrons. The normalized spacial score (nSPS) is 13.7. The maximum atomic E-state index is 5.69. The highest BCUT2D eigenvalue weighted by Crippen LogP contribution is 2.34. The molecule has 0 saturated heterocycles. The highest BCUT2D eigenvalue weighted by atomic mass is 16.6. The Balaban J connectivity index is 1.73. The minimum Gasteiger partial charge on any atom is -0.486 e. The number of aromatic nitrogens is 2. The number of fused-ring (bicyclic) bond motifs is 1. The molecule has 0 saturated carbocycles. The Morgan fingerprint density at radius 3 is 2.62 bits per heavy atom. The summed E-state index contributed by atoms with van der Waals surface area (Å²) >= 11 is 0. The summed E-state index contributed by atoms with van der Waals surface area (Å²) in [6.07, 6.45) is 1.79. The van der Waals surface area contributed by atoms with Gasteiger partial charge in [0.05, 0.1) is 5.69 Å². The Morgan fingerprint density at radius 2 is 1.88 bits per heavy atom. The largest absolute Gasteiger partial charge is 0.486 e. The number of nitrogens with zero attached hydrogens (tertiary/aromatic N) is 3. The molecule has 1 aliphatic rings. The van der Waals surface area contributed by atoms with Gasteiger partial charge in [0.2, 0.25) is 5.95 Å². The van der Waals surface area contributed by atoms with Crippen molar-refractivity contribution in [3.8, 4) is 11.5 Å². The van der Waals surface area contributed by atoms with E-state index in [2.05, 4.69) is 35.2 Å². The number of ether oxygens (including phenoxy) is 2. The average molecular weight is 328 g/mol. The molecule has 6 heteroatoms. The molecule has 1 N–H and O–H groups in total. The van der Waals surface area contributed by atoms with Gasteiger partial charge < -0.3 is 19.7 Å². The van der Waals surface area contributed by atoms with Crippen molar-refractivity contribution in [2.75, 3.05) is 32.2 Å². The fourth-order valence-corrected chi connectivity index (χ4v) is 2.54. The second-order valence-electron chi connectivity index (χ2n) is 6.58. The fourth-order valence-electron chi connectivity index (χ4n) is 2.54. The Labute approximate surface area is 142 Å². The van der Waals surface area contributed by atoms with E-state index in [-0.39, 0.29) is 5.54 Å². The molecule has 0 aliphatic carbocycles. The summed E-state index contributed by atoms with van der Waals surface area (Å²) in [5.41, 5.74) is 1.88. The summed E-state index contributed by atoms with van der Waals surface area (Å²) in [6, 6.07) is 8.03. The third-order valence-corrected chi connectivity index (χ3v) is 4.08. The summed E-state index contributed by atoms with van der Waals surface area (Å²) in [5, 5.41) is 3.56. The number of benzene rings is 1. The molecule has 1 aliphatic heterocycles. The second-order valence-corrected chi connectivity index (χ2v) is 6.58. The predicted octanol–water partition coefficient (Wildman–Crippen LogP) is 2.34. The Morgan fingerprint density at radius 1 is 1.12 bits per heavy atom. The molecular formula is C18H24N4O2. The van der Waals surface area contributed by atoms with E-state index in [9.17, 15) is 0 Å². The van der Waals surface area contributed by atoms with Crippen molar-refractivity contribution < 1.29 is 9.47 Å². The molecule has 3 rings (SSSR count). The molecule has 128 valence electrons. The first-order chi connectivity index (χ1) is 11.5. The number of anilines is 1. The van der Waals surface area contributed by atoms with Gasteiger partial charge in [-0.1, -0.05) is 6.07 Å². The lowest BCUT2D eigenvalue weighted by Crippen LogP contribution is -2.36. The lowest BCUT2D eigenvalue weighted by atomic mass is 9.93. The van der Waals surface area contributed by atoms with Crippen LogP contribution in [0.25, 0.3) is 0 Å². The maximum Gasteiger partial charge on any atom is 0.225 e. The van der Waals surface area contributed by atoms with Crippen molar-refractivity contribution in [2.24, 2.45) is 0 Å². The van der Waals surface area contributed by atoms with Crippen molar-refractivity contribution in [1.82, 2.24) is 15.3 Å². The number of rotatable bonds is 5. The standard InChI is InChI=1S/C18H24N4O2/c1-18(2,13-5-6-15-16(11-13)24-10-9-23-15)20-12-14-7-8-19-17(21-14)22(3)4/h5-8,11,20H,9-10,12H2,1-4H3. The second kappa shape index (κ2) is 6.65. The quantitative estimate of drug-likeness (QED) is 0.909. The molecule has 2 heterocycles. The van der Waals surface area contributed by atoms with Gasteiger partial charge in [-0.05, 0) is 37.6 Å². The first-order valence-electron chi connectivity index (χ1n) is 8.10. The zero-order chi connectivity index (χ0) is 17.2. The van der Waals surface area contributed by atoms with Crippen LogP contribution in [0.1, 0.15) is 25.1 Å². The minimum absolute atomic E-state index is 0.223. The summed E-state index contributed by atoms with van der Waals surface area (Å²) in [6.45, 7) is 6.15. The lowest BCUT2D eigenvalue weighted by Gasteiger charge is -2.29. The SMILES string of the molecule is CN(C)c1nccc(CNC(C)(C)c2ccc3c(c2)OCCO3)n1. The van der Waals surface area contributed by atoms with Crippen molar-refractivity contribution in [3.63, 3.8) is 0 Å². The molecule has 0 fully saturated rings. The van der Waals surface area contributed by atoms with Crippen LogP contribution in [0.15, 0.2) is 30.5 Å². The van der Waals surface area contributed by atoms with Crippen LogP contribution in [0.4, 0.5) is 5.95 Å². The van der Waals surface area contributed by atoms with E-state index in [1.54, 1.807) is 6.20 Å². The molecule has 0 unspecified atom stereocenters. The average Bonchev–Trinajstić information content (AvgIpc) is 2.60. The minimum atomic E-state index is -0.223. The van der Waals surface area contributed by atoms with Crippen LogP contribution in [0, 0.1) is 0 Å². The molecule has 0 spiro atoms. The van der Waals surface area contributed by atoms with Crippen molar-refractivity contribution in [2.45, 2.75) is 25.9 Å². The van der Waals surface area contributed by atoms with Gasteiger partial charge in [-0.25, -0.2) is 9.97 Å². The van der Waals surface area contributed by atoms with E-state index in [0.29, 0.717) is 25.7 Å². The first kappa shape index (κ1) is 16.5. The zero-order valence-corrected chi connectivity index (χ0v) is 14.7. The van der Waals surface area contributed by atoms with Crippen molar-refractivity contribution in [1.29, 1.82) is 0 Å². The topological polar surface area (TPSA) is 59.5 Å². The fraction of sp³-hybridized carbons (Fsp3) is 0.444. The molecule has 1 aromatic heterocycles. The molecule has 24 heavy (non-hydrogen) atoms. The van der Waals surface area contributed by atoms with E-state index in [0.717, 1.165) is 22.8 Å². The van der Waals surface area contributed by atoms with Crippen LogP contribution in [0.5, 0.6) is 11.5 Å². The Bertz CT molecular complexity index is 716. The Kier molecular flexibility index (Phi) is 4.57. The lowest BCUT2D eigenvalue weighted by molar-refractivity contribution is 0.171. The first-order valence-corrected chi connectivity index (χ1v) is 8.10. The van der Waals surface area contributed by atoms with Gasteiger partial charge in [0, 0.05) is 32.4 Å². The van der Waals surface area contributed by atoms with Crippen LogP contribution in [0.2, 0.25) is 0 Å². The van der Waals surface area contributed by atoms with Crippen molar-refractivity contribution >= 4 is 5.95 Å². The predicted molar refractivity (Wildman–Crippen MR) is 93.7 cm³/mol. The van der Waals surface area contributed by atoms with Crippen LogP contribution in [-0.2, 0) is 12.1 Å². The van der Waals surface area contributed by atoms with Crippen LogP contribution in [-0.4, -0.2) is 37.3 Å². The van der Waals surface area contributed by atoms with E-state index >= 15 is 0 Å². The highest BCUT2D eigenvalue weighted by Gasteiger charge is 2.23. The molecule has 0 atom stereocenters. The maximum absolute atomic E-state index is 5.69. The van der Waals surface area contributed by atoms with Gasteiger partial charge >= 0.3 is 0 Å². The van der Waals surface area contributed by atoms with E-state index in [1.165, 1.54) is 0 Å². The Hall–Kier alpha value is -2.34. The van der Waals surface area contributed by atoms with Gasteiger partial charge in [-0.3, -0.25) is 0 Å². The van der Waals surface area contributed by atoms with Crippen LogP contribution >= 0.6 is 0 Å². The smallest absolute Gasteiger partial charge is 0.225 e. The molecule has 0 bridgehead atoms. The third kappa shape index (κ3) is 3.59. The number of hydrogen-bond donors (Lipinski definition) is 1. The number of nitrogens with one attached hydrogen (secondary N) is 1. The molecule has 2 aromatic rings.